The molecule has 1 aromatic carbocycles. The SMILES string of the molecule is CC(C)c1nc2c(F)c(F)ccc2o1. The van der Waals surface area contributed by atoms with Crippen LogP contribution in [0.1, 0.15) is 25.7 Å². The summed E-state index contributed by atoms with van der Waals surface area (Å²) in [4.78, 5) is 3.89. The van der Waals surface area contributed by atoms with E-state index in [1.54, 1.807) is 0 Å². The quantitative estimate of drug-likeness (QED) is 0.701. The van der Waals surface area contributed by atoms with E-state index in [1.807, 2.05) is 13.8 Å². The minimum absolute atomic E-state index is 0.0336. The van der Waals surface area contributed by atoms with Crippen molar-refractivity contribution in [2.75, 3.05) is 0 Å². The van der Waals surface area contributed by atoms with Crippen LogP contribution in [0.2, 0.25) is 0 Å². The van der Waals surface area contributed by atoms with Gasteiger partial charge in [-0.1, -0.05) is 13.8 Å². The summed E-state index contributed by atoms with van der Waals surface area (Å²) in [6.07, 6.45) is 0. The summed E-state index contributed by atoms with van der Waals surface area (Å²) in [6, 6.07) is 2.42. The zero-order chi connectivity index (χ0) is 10.3. The minimum Gasteiger partial charge on any atom is -0.440 e. The fourth-order valence-electron chi connectivity index (χ4n) is 1.20. The molecule has 0 bridgehead atoms. The van der Waals surface area contributed by atoms with Crippen molar-refractivity contribution in [2.24, 2.45) is 0 Å². The number of hydrogen-bond acceptors (Lipinski definition) is 2. The van der Waals surface area contributed by atoms with Crippen molar-refractivity contribution >= 4 is 11.1 Å². The van der Waals surface area contributed by atoms with Gasteiger partial charge in [-0.05, 0) is 12.1 Å². The molecular weight excluding hydrogens is 188 g/mol. The van der Waals surface area contributed by atoms with Crippen LogP contribution in [0.25, 0.3) is 11.1 Å². The Labute approximate surface area is 79.6 Å². The number of benzene rings is 1. The van der Waals surface area contributed by atoms with Crippen molar-refractivity contribution < 1.29 is 13.2 Å². The molecule has 2 nitrogen and oxygen atoms in total. The lowest BCUT2D eigenvalue weighted by Crippen LogP contribution is -1.87. The highest BCUT2D eigenvalue weighted by molar-refractivity contribution is 5.73. The van der Waals surface area contributed by atoms with Crippen LogP contribution >= 0.6 is 0 Å². The van der Waals surface area contributed by atoms with Crippen LogP contribution in [0.15, 0.2) is 16.5 Å². The number of hydrogen-bond donors (Lipinski definition) is 0. The lowest BCUT2D eigenvalue weighted by Gasteiger charge is -1.93. The molecule has 0 unspecified atom stereocenters. The molecule has 0 aliphatic heterocycles. The van der Waals surface area contributed by atoms with Gasteiger partial charge in [0.25, 0.3) is 0 Å². The second-order valence-corrected chi connectivity index (χ2v) is 3.41. The van der Waals surface area contributed by atoms with Gasteiger partial charge < -0.3 is 4.42 Å². The molecule has 4 heteroatoms. The van der Waals surface area contributed by atoms with Crippen LogP contribution in [0.4, 0.5) is 8.78 Å². The molecule has 0 radical (unpaired) electrons. The highest BCUT2D eigenvalue weighted by Gasteiger charge is 2.15. The Morgan fingerprint density at radius 3 is 2.64 bits per heavy atom. The molecule has 1 aromatic heterocycles. The third kappa shape index (κ3) is 1.27. The lowest BCUT2D eigenvalue weighted by molar-refractivity contribution is 0.500. The standard InChI is InChI=1S/C10H9F2NO/c1-5(2)10-13-9-7(14-10)4-3-6(11)8(9)12/h3-5H,1-2H3. The predicted molar refractivity (Wildman–Crippen MR) is 48.0 cm³/mol. The first kappa shape index (κ1) is 9.12. The molecule has 2 rings (SSSR count). The predicted octanol–water partition coefficient (Wildman–Crippen LogP) is 3.23. The van der Waals surface area contributed by atoms with E-state index in [9.17, 15) is 8.78 Å². The van der Waals surface area contributed by atoms with Gasteiger partial charge in [0.15, 0.2) is 23.1 Å². The van der Waals surface area contributed by atoms with Gasteiger partial charge >= 0.3 is 0 Å². The maximum absolute atomic E-state index is 13.2. The first-order valence-corrected chi connectivity index (χ1v) is 4.34. The van der Waals surface area contributed by atoms with Crippen molar-refractivity contribution in [3.05, 3.63) is 29.7 Å². The number of oxazole rings is 1. The Balaban J connectivity index is 2.71. The van der Waals surface area contributed by atoms with E-state index in [4.69, 9.17) is 4.42 Å². The summed E-state index contributed by atoms with van der Waals surface area (Å²) < 4.78 is 31.2. The molecule has 0 saturated carbocycles. The first-order chi connectivity index (χ1) is 6.59. The molecule has 0 spiro atoms. The third-order valence-electron chi connectivity index (χ3n) is 1.96. The van der Waals surface area contributed by atoms with E-state index in [2.05, 4.69) is 4.98 Å². The Hall–Kier alpha value is -1.45. The van der Waals surface area contributed by atoms with Crippen LogP contribution in [0, 0.1) is 11.6 Å². The summed E-state index contributed by atoms with van der Waals surface area (Å²) >= 11 is 0. The number of rotatable bonds is 1. The molecular formula is C10H9F2NO. The molecule has 0 N–H and O–H groups in total. The molecule has 0 fully saturated rings. The summed E-state index contributed by atoms with van der Waals surface area (Å²) in [5.74, 6) is -1.37. The molecule has 0 atom stereocenters. The van der Waals surface area contributed by atoms with Crippen molar-refractivity contribution in [3.63, 3.8) is 0 Å². The molecule has 0 aliphatic carbocycles. The van der Waals surface area contributed by atoms with Crippen molar-refractivity contribution in [3.8, 4) is 0 Å². The number of fused-ring (bicyclic) bond motifs is 1. The average molecular weight is 197 g/mol. The monoisotopic (exact) mass is 197 g/mol. The van der Waals surface area contributed by atoms with Crippen molar-refractivity contribution in [1.29, 1.82) is 0 Å². The van der Waals surface area contributed by atoms with Gasteiger partial charge in [-0.15, -0.1) is 0 Å². The molecule has 14 heavy (non-hydrogen) atoms. The third-order valence-corrected chi connectivity index (χ3v) is 1.96. The average Bonchev–Trinajstić information content (AvgIpc) is 2.56. The van der Waals surface area contributed by atoms with E-state index < -0.39 is 11.6 Å². The fraction of sp³-hybridized carbons (Fsp3) is 0.300. The van der Waals surface area contributed by atoms with Crippen molar-refractivity contribution in [1.82, 2.24) is 4.98 Å². The second kappa shape index (κ2) is 3.04. The van der Waals surface area contributed by atoms with Gasteiger partial charge in [0.2, 0.25) is 0 Å². The smallest absolute Gasteiger partial charge is 0.198 e. The Bertz CT molecular complexity index is 476. The van der Waals surface area contributed by atoms with E-state index >= 15 is 0 Å². The van der Waals surface area contributed by atoms with Gasteiger partial charge in [0.1, 0.15) is 5.52 Å². The summed E-state index contributed by atoms with van der Waals surface area (Å²) in [6.45, 7) is 3.75. The van der Waals surface area contributed by atoms with E-state index in [0.29, 0.717) is 5.89 Å². The van der Waals surface area contributed by atoms with Crippen molar-refractivity contribution in [2.45, 2.75) is 19.8 Å². The molecule has 1 heterocycles. The number of aromatic nitrogens is 1. The lowest BCUT2D eigenvalue weighted by atomic mass is 10.2. The van der Waals surface area contributed by atoms with E-state index in [1.165, 1.54) is 6.07 Å². The Morgan fingerprint density at radius 1 is 1.29 bits per heavy atom. The summed E-state index contributed by atoms with van der Waals surface area (Å²) in [5, 5.41) is 0. The topological polar surface area (TPSA) is 26.0 Å². The van der Waals surface area contributed by atoms with Crippen LogP contribution in [0.3, 0.4) is 0 Å². The largest absolute Gasteiger partial charge is 0.440 e. The zero-order valence-electron chi connectivity index (χ0n) is 7.84. The number of halogens is 2. The zero-order valence-corrected chi connectivity index (χ0v) is 7.84. The summed E-state index contributed by atoms with van der Waals surface area (Å²) in [5.41, 5.74) is 0.251. The molecule has 0 amide bonds. The second-order valence-electron chi connectivity index (χ2n) is 3.41. The van der Waals surface area contributed by atoms with Crippen LogP contribution < -0.4 is 0 Å². The maximum Gasteiger partial charge on any atom is 0.198 e. The van der Waals surface area contributed by atoms with E-state index in [0.717, 1.165) is 6.07 Å². The Morgan fingerprint density at radius 2 is 2.00 bits per heavy atom. The maximum atomic E-state index is 13.2. The highest BCUT2D eigenvalue weighted by Crippen LogP contribution is 2.24. The van der Waals surface area contributed by atoms with Crippen LogP contribution in [-0.4, -0.2) is 4.98 Å². The molecule has 0 saturated heterocycles. The van der Waals surface area contributed by atoms with Gasteiger partial charge in [0, 0.05) is 5.92 Å². The minimum atomic E-state index is -0.946. The van der Waals surface area contributed by atoms with Crippen LogP contribution in [-0.2, 0) is 0 Å². The van der Waals surface area contributed by atoms with Gasteiger partial charge in [-0.25, -0.2) is 13.8 Å². The molecule has 0 aliphatic rings. The molecule has 2 aromatic rings. The summed E-state index contributed by atoms with van der Waals surface area (Å²) in [7, 11) is 0. The Kier molecular flexibility index (Phi) is 1.98. The number of nitrogens with zero attached hydrogens (tertiary/aromatic N) is 1. The van der Waals surface area contributed by atoms with Gasteiger partial charge in [-0.3, -0.25) is 0 Å². The normalized spacial score (nSPS) is 11.5. The van der Waals surface area contributed by atoms with Gasteiger partial charge in [0.05, 0.1) is 0 Å². The fourth-order valence-corrected chi connectivity index (χ4v) is 1.20. The van der Waals surface area contributed by atoms with E-state index in [-0.39, 0.29) is 17.0 Å². The first-order valence-electron chi connectivity index (χ1n) is 4.34. The molecule has 74 valence electrons. The van der Waals surface area contributed by atoms with Crippen LogP contribution in [0.5, 0.6) is 0 Å². The highest BCUT2D eigenvalue weighted by atomic mass is 19.2. The van der Waals surface area contributed by atoms with Gasteiger partial charge in [-0.2, -0.15) is 0 Å².